The van der Waals surface area contributed by atoms with E-state index in [1.165, 1.54) is 4.90 Å². The van der Waals surface area contributed by atoms with Gasteiger partial charge in [-0.25, -0.2) is 4.79 Å². The van der Waals surface area contributed by atoms with Crippen LogP contribution in [0.4, 0.5) is 10.5 Å². The molecule has 2 N–H and O–H groups in total. The molecule has 3 fully saturated rings. The molecule has 6 nitrogen and oxygen atoms in total. The number of hydrogen-bond acceptors (Lipinski definition) is 4. The van der Waals surface area contributed by atoms with Crippen LogP contribution < -0.4 is 5.32 Å². The topological polar surface area (TPSA) is 78.6 Å². The molecule has 2 heterocycles. The monoisotopic (exact) mass is 435 g/mol. The number of carbonyl (C=O) groups is 1. The Morgan fingerprint density at radius 2 is 1.86 bits per heavy atom. The molecule has 2 aromatic rings. The molecule has 0 bridgehead atoms. The van der Waals surface area contributed by atoms with Crippen LogP contribution in [0.15, 0.2) is 22.7 Å². The molecule has 1 aromatic carbocycles. The highest BCUT2D eigenvalue weighted by Gasteiger charge is 2.47. The van der Waals surface area contributed by atoms with Gasteiger partial charge < -0.3 is 19.8 Å². The summed E-state index contributed by atoms with van der Waals surface area (Å²) in [5.41, 5.74) is 2.56. The maximum atomic E-state index is 11.2. The zero-order valence-corrected chi connectivity index (χ0v) is 17.5. The molecule has 1 aliphatic heterocycles. The summed E-state index contributed by atoms with van der Waals surface area (Å²) in [6.45, 7) is 1.26. The highest BCUT2D eigenvalue weighted by molar-refractivity contribution is 6.39. The highest BCUT2D eigenvalue weighted by Crippen LogP contribution is 2.53. The fourth-order valence-electron chi connectivity index (χ4n) is 4.83. The van der Waals surface area contributed by atoms with E-state index in [0.717, 1.165) is 50.0 Å². The lowest BCUT2D eigenvalue weighted by atomic mass is 9.60. The third kappa shape index (κ3) is 3.46. The van der Waals surface area contributed by atoms with Crippen molar-refractivity contribution in [3.63, 3.8) is 0 Å². The molecular weight excluding hydrogens is 413 g/mol. The number of aromatic nitrogens is 1. The highest BCUT2D eigenvalue weighted by atomic mass is 35.5. The lowest BCUT2D eigenvalue weighted by molar-refractivity contribution is 0.0266. The zero-order chi connectivity index (χ0) is 20.2. The van der Waals surface area contributed by atoms with E-state index in [-0.39, 0.29) is 5.41 Å². The predicted molar refractivity (Wildman–Crippen MR) is 112 cm³/mol. The molecule has 1 saturated heterocycles. The van der Waals surface area contributed by atoms with Gasteiger partial charge in [0, 0.05) is 30.6 Å². The molecule has 0 unspecified atom stereocenters. The first-order valence-corrected chi connectivity index (χ1v) is 10.9. The SMILES string of the molecule is O=C(O)N1CCC2(CC1)CC(Nc1c(-c3c(Cl)cccc3Cl)noc1C1CC1)C2. The summed E-state index contributed by atoms with van der Waals surface area (Å²) < 4.78 is 5.73. The van der Waals surface area contributed by atoms with Crippen LogP contribution in [-0.4, -0.2) is 40.4 Å². The van der Waals surface area contributed by atoms with Crippen molar-refractivity contribution in [2.24, 2.45) is 5.41 Å². The zero-order valence-electron chi connectivity index (χ0n) is 16.0. The molecule has 3 aliphatic rings. The number of anilines is 1. The van der Waals surface area contributed by atoms with Crippen molar-refractivity contribution in [3.8, 4) is 11.3 Å². The van der Waals surface area contributed by atoms with Crippen LogP contribution in [0.5, 0.6) is 0 Å². The first-order valence-electron chi connectivity index (χ1n) is 10.1. The molecule has 29 heavy (non-hydrogen) atoms. The average molecular weight is 436 g/mol. The number of nitrogens with one attached hydrogen (secondary N) is 1. The lowest BCUT2D eigenvalue weighted by Gasteiger charge is -2.52. The van der Waals surface area contributed by atoms with Gasteiger partial charge in [-0.05, 0) is 56.1 Å². The number of amides is 1. The number of halogens is 2. The normalized spacial score (nSPS) is 21.2. The molecule has 8 heteroatoms. The van der Waals surface area contributed by atoms with Gasteiger partial charge in [-0.2, -0.15) is 0 Å². The molecule has 154 valence electrons. The van der Waals surface area contributed by atoms with Crippen molar-refractivity contribution in [1.82, 2.24) is 10.1 Å². The van der Waals surface area contributed by atoms with E-state index in [4.69, 9.17) is 32.8 Å². The minimum atomic E-state index is -0.811. The van der Waals surface area contributed by atoms with Crippen LogP contribution >= 0.6 is 23.2 Å². The Morgan fingerprint density at radius 1 is 1.21 bits per heavy atom. The third-order valence-corrected chi connectivity index (χ3v) is 7.30. The second kappa shape index (κ2) is 7.10. The smallest absolute Gasteiger partial charge is 0.407 e. The molecule has 1 aromatic heterocycles. The van der Waals surface area contributed by atoms with Gasteiger partial charge in [0.1, 0.15) is 11.4 Å². The summed E-state index contributed by atoms with van der Waals surface area (Å²) in [6, 6.07) is 5.77. The number of piperidine rings is 1. The number of benzene rings is 1. The van der Waals surface area contributed by atoms with Crippen molar-refractivity contribution in [3.05, 3.63) is 34.0 Å². The van der Waals surface area contributed by atoms with E-state index in [0.29, 0.717) is 46.4 Å². The maximum absolute atomic E-state index is 11.2. The first-order chi connectivity index (χ1) is 14.0. The molecule has 0 radical (unpaired) electrons. The van der Waals surface area contributed by atoms with Gasteiger partial charge in [-0.3, -0.25) is 0 Å². The fraction of sp³-hybridized carbons (Fsp3) is 0.524. The van der Waals surface area contributed by atoms with E-state index >= 15 is 0 Å². The Bertz CT molecular complexity index is 920. The van der Waals surface area contributed by atoms with Crippen LogP contribution in [0.1, 0.15) is 50.2 Å². The number of hydrogen-bond donors (Lipinski definition) is 2. The van der Waals surface area contributed by atoms with Gasteiger partial charge in [-0.1, -0.05) is 34.4 Å². The Morgan fingerprint density at radius 3 is 2.45 bits per heavy atom. The van der Waals surface area contributed by atoms with Gasteiger partial charge in [0.15, 0.2) is 5.76 Å². The summed E-state index contributed by atoms with van der Waals surface area (Å²) >= 11 is 12.9. The van der Waals surface area contributed by atoms with E-state index in [9.17, 15) is 4.79 Å². The molecule has 1 amide bonds. The fourth-order valence-corrected chi connectivity index (χ4v) is 5.41. The van der Waals surface area contributed by atoms with Crippen LogP contribution in [0.2, 0.25) is 10.0 Å². The van der Waals surface area contributed by atoms with Gasteiger partial charge in [0.25, 0.3) is 0 Å². The van der Waals surface area contributed by atoms with Gasteiger partial charge >= 0.3 is 6.09 Å². The second-order valence-electron chi connectivity index (χ2n) is 8.66. The summed E-state index contributed by atoms with van der Waals surface area (Å²) in [7, 11) is 0. The molecule has 2 saturated carbocycles. The Kier molecular flexibility index (Phi) is 4.67. The molecule has 0 atom stereocenters. The standard InChI is InChI=1S/C21H23Cl2N3O3/c22-14-2-1-3-15(23)16(14)17-18(19(29-25-17)12-4-5-12)24-13-10-21(11-13)6-8-26(9-7-21)20(27)28/h1-3,12-13,24H,4-11H2,(H,27,28). The number of nitrogens with zero attached hydrogens (tertiary/aromatic N) is 2. The van der Waals surface area contributed by atoms with Crippen molar-refractivity contribution in [2.75, 3.05) is 18.4 Å². The minimum absolute atomic E-state index is 0.253. The second-order valence-corrected chi connectivity index (χ2v) is 9.47. The van der Waals surface area contributed by atoms with Crippen LogP contribution in [0.3, 0.4) is 0 Å². The summed E-state index contributed by atoms with van der Waals surface area (Å²) in [5.74, 6) is 1.31. The van der Waals surface area contributed by atoms with Crippen molar-refractivity contribution < 1.29 is 14.4 Å². The lowest BCUT2D eigenvalue weighted by Crippen LogP contribution is -2.52. The number of likely N-dealkylation sites (tertiary alicyclic amines) is 1. The Labute approximate surface area is 179 Å². The maximum Gasteiger partial charge on any atom is 0.407 e. The average Bonchev–Trinajstić information content (AvgIpc) is 3.43. The molecule has 1 spiro atoms. The third-order valence-electron chi connectivity index (χ3n) is 6.67. The quantitative estimate of drug-likeness (QED) is 0.628. The number of carboxylic acid groups (broad SMARTS) is 1. The summed E-state index contributed by atoms with van der Waals surface area (Å²) in [6.07, 6.45) is 5.34. The van der Waals surface area contributed by atoms with Gasteiger partial charge in [-0.15, -0.1) is 0 Å². The van der Waals surface area contributed by atoms with E-state index in [1.807, 2.05) is 18.2 Å². The van der Waals surface area contributed by atoms with E-state index in [1.54, 1.807) is 0 Å². The van der Waals surface area contributed by atoms with Crippen molar-refractivity contribution in [1.29, 1.82) is 0 Å². The van der Waals surface area contributed by atoms with Gasteiger partial charge in [0.05, 0.1) is 10.0 Å². The molecule has 2 aliphatic carbocycles. The summed E-state index contributed by atoms with van der Waals surface area (Å²) in [4.78, 5) is 12.7. The molecular formula is C21H23Cl2N3O3. The van der Waals surface area contributed by atoms with Crippen LogP contribution in [0, 0.1) is 5.41 Å². The Hall–Kier alpha value is -1.92. The minimum Gasteiger partial charge on any atom is -0.465 e. The van der Waals surface area contributed by atoms with Crippen molar-refractivity contribution in [2.45, 2.75) is 50.5 Å². The van der Waals surface area contributed by atoms with E-state index < -0.39 is 6.09 Å². The Balaban J connectivity index is 1.35. The number of rotatable bonds is 4. The largest absolute Gasteiger partial charge is 0.465 e. The predicted octanol–water partition coefficient (Wildman–Crippen LogP) is 5.86. The van der Waals surface area contributed by atoms with Crippen LogP contribution in [0.25, 0.3) is 11.3 Å². The van der Waals surface area contributed by atoms with Gasteiger partial charge in [0.2, 0.25) is 0 Å². The van der Waals surface area contributed by atoms with Crippen LogP contribution in [-0.2, 0) is 0 Å². The first kappa shape index (κ1) is 19.1. The van der Waals surface area contributed by atoms with E-state index in [2.05, 4.69) is 10.5 Å². The summed E-state index contributed by atoms with van der Waals surface area (Å²) in [5, 5.41) is 18.3. The van der Waals surface area contributed by atoms with Crippen molar-refractivity contribution >= 4 is 35.0 Å². The molecule has 5 rings (SSSR count).